The highest BCUT2D eigenvalue weighted by molar-refractivity contribution is 6.34. The second-order valence-corrected chi connectivity index (χ2v) is 10.6. The van der Waals surface area contributed by atoms with Crippen molar-refractivity contribution in [2.45, 2.75) is 44.9 Å². The number of rotatable bonds is 6. The summed E-state index contributed by atoms with van der Waals surface area (Å²) in [6.07, 6.45) is 9.38. The topological polar surface area (TPSA) is 55.4 Å². The summed E-state index contributed by atoms with van der Waals surface area (Å²) in [6, 6.07) is 12.6. The molecule has 168 valence electrons. The Bertz CT molecular complexity index is 1010. The molecule has 2 aromatic carbocycles. The second-order valence-electron chi connectivity index (χ2n) is 10.2. The molecule has 4 fully saturated rings. The molecular formula is C27H30ClNO3. The predicted octanol–water partition coefficient (Wildman–Crippen LogP) is 6.13. The lowest BCUT2D eigenvalue weighted by Gasteiger charge is -2.57. The van der Waals surface area contributed by atoms with Crippen LogP contribution in [-0.4, -0.2) is 25.5 Å². The molecule has 32 heavy (non-hydrogen) atoms. The van der Waals surface area contributed by atoms with Gasteiger partial charge in [-0.1, -0.05) is 35.9 Å². The van der Waals surface area contributed by atoms with E-state index in [-0.39, 0.29) is 5.91 Å². The largest absolute Gasteiger partial charge is 0.465 e. The Morgan fingerprint density at radius 3 is 2.31 bits per heavy atom. The number of carbonyl (C=O) groups is 2. The molecule has 1 N–H and O–H groups in total. The van der Waals surface area contributed by atoms with Crippen LogP contribution in [0.3, 0.4) is 0 Å². The fourth-order valence-electron chi connectivity index (χ4n) is 7.02. The van der Waals surface area contributed by atoms with E-state index in [4.69, 9.17) is 16.3 Å². The third-order valence-electron chi connectivity index (χ3n) is 7.96. The van der Waals surface area contributed by atoms with Crippen molar-refractivity contribution in [2.75, 3.05) is 13.7 Å². The summed E-state index contributed by atoms with van der Waals surface area (Å²) in [5, 5.41) is 3.54. The van der Waals surface area contributed by atoms with Gasteiger partial charge in [-0.25, -0.2) is 4.79 Å². The Kier molecular flexibility index (Phi) is 5.75. The summed E-state index contributed by atoms with van der Waals surface area (Å²) in [5.41, 5.74) is 2.83. The van der Waals surface area contributed by atoms with E-state index in [1.165, 1.54) is 45.6 Å². The van der Waals surface area contributed by atoms with Crippen LogP contribution in [0.2, 0.25) is 5.02 Å². The number of benzene rings is 2. The van der Waals surface area contributed by atoms with Gasteiger partial charge in [0.15, 0.2) is 0 Å². The molecule has 2 aromatic rings. The SMILES string of the molecule is COC(=O)c1ccccc1-c1ccc(Cl)c(C(=O)NCCC23CC4CC(CC(C4)C2)C3)c1. The number of esters is 1. The van der Waals surface area contributed by atoms with E-state index in [1.54, 1.807) is 24.3 Å². The van der Waals surface area contributed by atoms with Crippen LogP contribution in [0.15, 0.2) is 42.5 Å². The number of hydrogen-bond acceptors (Lipinski definition) is 3. The minimum Gasteiger partial charge on any atom is -0.465 e. The number of methoxy groups -OCH3 is 1. The summed E-state index contributed by atoms with van der Waals surface area (Å²) < 4.78 is 4.91. The molecule has 0 aromatic heterocycles. The highest BCUT2D eigenvalue weighted by Gasteiger charge is 2.50. The summed E-state index contributed by atoms with van der Waals surface area (Å²) in [6.45, 7) is 0.685. The minimum absolute atomic E-state index is 0.155. The maximum absolute atomic E-state index is 13.0. The highest BCUT2D eigenvalue weighted by Crippen LogP contribution is 2.61. The van der Waals surface area contributed by atoms with Crippen LogP contribution >= 0.6 is 11.6 Å². The van der Waals surface area contributed by atoms with Crippen LogP contribution in [0.25, 0.3) is 11.1 Å². The third-order valence-corrected chi connectivity index (χ3v) is 8.29. The van der Waals surface area contributed by atoms with Crippen molar-refractivity contribution >= 4 is 23.5 Å². The zero-order chi connectivity index (χ0) is 22.3. The zero-order valence-electron chi connectivity index (χ0n) is 18.5. The van der Waals surface area contributed by atoms with Crippen LogP contribution in [-0.2, 0) is 4.74 Å². The maximum Gasteiger partial charge on any atom is 0.338 e. The summed E-state index contributed by atoms with van der Waals surface area (Å²) in [4.78, 5) is 25.2. The van der Waals surface area contributed by atoms with Gasteiger partial charge in [0.25, 0.3) is 5.91 Å². The van der Waals surface area contributed by atoms with E-state index in [0.717, 1.165) is 35.3 Å². The molecule has 0 heterocycles. The summed E-state index contributed by atoms with van der Waals surface area (Å²) in [5.74, 6) is 2.18. The standard InChI is InChI=1S/C27H30ClNO3/c1-32-26(31)22-5-3-2-4-21(22)20-6-7-24(28)23(13-20)25(30)29-9-8-27-14-17-10-18(15-27)12-19(11-17)16-27/h2-7,13,17-19H,8-12,14-16H2,1H3,(H,29,30). The molecule has 4 aliphatic rings. The van der Waals surface area contributed by atoms with Gasteiger partial charge in [-0.05, 0) is 97.4 Å². The molecule has 6 rings (SSSR count). The fraction of sp³-hybridized carbons (Fsp3) is 0.481. The lowest BCUT2D eigenvalue weighted by atomic mass is 9.49. The fourth-order valence-corrected chi connectivity index (χ4v) is 7.23. The average Bonchev–Trinajstić information content (AvgIpc) is 2.78. The minimum atomic E-state index is -0.405. The van der Waals surface area contributed by atoms with Crippen molar-refractivity contribution in [1.82, 2.24) is 5.32 Å². The molecule has 4 saturated carbocycles. The number of hydrogen-bond donors (Lipinski definition) is 1. The smallest absolute Gasteiger partial charge is 0.338 e. The lowest BCUT2D eigenvalue weighted by molar-refractivity contribution is -0.0564. The third kappa shape index (κ3) is 4.05. The molecule has 0 saturated heterocycles. The molecule has 4 nitrogen and oxygen atoms in total. The van der Waals surface area contributed by atoms with E-state index < -0.39 is 5.97 Å². The first-order chi connectivity index (χ1) is 15.5. The molecule has 4 aliphatic carbocycles. The summed E-state index contributed by atoms with van der Waals surface area (Å²) in [7, 11) is 1.36. The van der Waals surface area contributed by atoms with E-state index >= 15 is 0 Å². The number of ether oxygens (including phenoxy) is 1. The van der Waals surface area contributed by atoms with E-state index in [1.807, 2.05) is 18.2 Å². The Balaban J connectivity index is 1.29. The molecule has 1 amide bonds. The monoisotopic (exact) mass is 451 g/mol. The summed E-state index contributed by atoms with van der Waals surface area (Å²) >= 11 is 6.39. The quantitative estimate of drug-likeness (QED) is 0.537. The average molecular weight is 452 g/mol. The van der Waals surface area contributed by atoms with Gasteiger partial charge in [0.1, 0.15) is 0 Å². The number of amides is 1. The van der Waals surface area contributed by atoms with Gasteiger partial charge in [-0.15, -0.1) is 0 Å². The molecule has 0 unspecified atom stereocenters. The van der Waals surface area contributed by atoms with Gasteiger partial charge in [0.05, 0.1) is 23.3 Å². The van der Waals surface area contributed by atoms with Gasteiger partial charge in [0.2, 0.25) is 0 Å². The van der Waals surface area contributed by atoms with Crippen molar-refractivity contribution in [3.8, 4) is 11.1 Å². The van der Waals surface area contributed by atoms with E-state index in [0.29, 0.717) is 28.1 Å². The van der Waals surface area contributed by atoms with Crippen LogP contribution in [0.1, 0.15) is 65.7 Å². The van der Waals surface area contributed by atoms with Crippen LogP contribution in [0.4, 0.5) is 0 Å². The molecule has 0 radical (unpaired) electrons. The first kappa shape index (κ1) is 21.5. The van der Waals surface area contributed by atoms with Gasteiger partial charge in [0, 0.05) is 6.54 Å². The lowest BCUT2D eigenvalue weighted by Crippen LogP contribution is -2.47. The second kappa shape index (κ2) is 8.55. The Morgan fingerprint density at radius 1 is 1.00 bits per heavy atom. The molecule has 4 bridgehead atoms. The number of carbonyl (C=O) groups excluding carboxylic acids is 2. The van der Waals surface area contributed by atoms with Crippen molar-refractivity contribution in [3.05, 3.63) is 58.6 Å². The molecule has 0 aliphatic heterocycles. The first-order valence-corrected chi connectivity index (χ1v) is 12.1. The molecular weight excluding hydrogens is 422 g/mol. The van der Waals surface area contributed by atoms with E-state index in [2.05, 4.69) is 5.32 Å². The van der Waals surface area contributed by atoms with Gasteiger partial charge in [-0.3, -0.25) is 4.79 Å². The van der Waals surface area contributed by atoms with Crippen LogP contribution < -0.4 is 5.32 Å². The Morgan fingerprint density at radius 2 is 1.66 bits per heavy atom. The van der Waals surface area contributed by atoms with Gasteiger partial charge < -0.3 is 10.1 Å². The Hall–Kier alpha value is -2.33. The maximum atomic E-state index is 13.0. The normalized spacial score (nSPS) is 27.9. The number of halogens is 1. The van der Waals surface area contributed by atoms with Crippen molar-refractivity contribution in [2.24, 2.45) is 23.2 Å². The molecule has 0 atom stereocenters. The zero-order valence-corrected chi connectivity index (χ0v) is 19.3. The van der Waals surface area contributed by atoms with Gasteiger partial charge in [-0.2, -0.15) is 0 Å². The van der Waals surface area contributed by atoms with Crippen molar-refractivity contribution in [3.63, 3.8) is 0 Å². The Labute approximate surface area is 194 Å². The predicted molar refractivity (Wildman–Crippen MR) is 126 cm³/mol. The van der Waals surface area contributed by atoms with Crippen molar-refractivity contribution < 1.29 is 14.3 Å². The highest BCUT2D eigenvalue weighted by atomic mass is 35.5. The molecule has 0 spiro atoms. The van der Waals surface area contributed by atoms with Crippen LogP contribution in [0.5, 0.6) is 0 Å². The van der Waals surface area contributed by atoms with Gasteiger partial charge >= 0.3 is 5.97 Å². The molecule has 5 heteroatoms. The van der Waals surface area contributed by atoms with E-state index in [9.17, 15) is 9.59 Å². The number of nitrogens with one attached hydrogen (secondary N) is 1. The van der Waals surface area contributed by atoms with Crippen molar-refractivity contribution in [1.29, 1.82) is 0 Å². The first-order valence-electron chi connectivity index (χ1n) is 11.7. The van der Waals surface area contributed by atoms with Crippen LogP contribution in [0, 0.1) is 23.2 Å².